The van der Waals surface area contributed by atoms with Crippen LogP contribution in [0.25, 0.3) is 0 Å². The van der Waals surface area contributed by atoms with Gasteiger partial charge in [-0.05, 0) is 13.8 Å². The maximum Gasteiger partial charge on any atom is 0.188 e. The normalized spacial score (nSPS) is 16.8. The summed E-state index contributed by atoms with van der Waals surface area (Å²) in [6.45, 7) is 8.02. The molecule has 3 nitrogen and oxygen atoms in total. The molecule has 0 amide bonds. The van der Waals surface area contributed by atoms with Gasteiger partial charge in [-0.15, -0.1) is 11.3 Å². The van der Waals surface area contributed by atoms with Crippen molar-refractivity contribution < 1.29 is 4.79 Å². The van der Waals surface area contributed by atoms with Crippen molar-refractivity contribution in [2.75, 3.05) is 6.54 Å². The number of nitrogens with zero attached hydrogens (tertiary/aromatic N) is 2. The zero-order valence-corrected chi connectivity index (χ0v) is 10.2. The van der Waals surface area contributed by atoms with Gasteiger partial charge in [-0.3, -0.25) is 9.69 Å². The molecule has 0 saturated carbocycles. The molecule has 4 heteroatoms. The molecular weight excluding hydrogens is 208 g/mol. The topological polar surface area (TPSA) is 33.2 Å². The quantitative estimate of drug-likeness (QED) is 0.721. The Morgan fingerprint density at radius 1 is 1.53 bits per heavy atom. The van der Waals surface area contributed by atoms with Crippen molar-refractivity contribution >= 4 is 17.1 Å². The molecule has 2 heterocycles. The molecule has 0 atom stereocenters. The lowest BCUT2D eigenvalue weighted by atomic mass is 10.1. The van der Waals surface area contributed by atoms with Crippen LogP contribution in [0.4, 0.5) is 0 Å². The van der Waals surface area contributed by atoms with Crippen LogP contribution >= 0.6 is 11.3 Å². The molecule has 1 aliphatic heterocycles. The van der Waals surface area contributed by atoms with E-state index < -0.39 is 0 Å². The van der Waals surface area contributed by atoms with Gasteiger partial charge in [0.2, 0.25) is 0 Å². The predicted octanol–water partition coefficient (Wildman–Crippen LogP) is 2.11. The van der Waals surface area contributed by atoms with Crippen LogP contribution in [0.3, 0.4) is 0 Å². The SMILES string of the molecule is CC(=O)c1nc2c(s1)CN(C(C)C)CC2. The summed E-state index contributed by atoms with van der Waals surface area (Å²) in [7, 11) is 0. The van der Waals surface area contributed by atoms with E-state index in [1.807, 2.05) is 0 Å². The first-order chi connectivity index (χ1) is 7.08. The highest BCUT2D eigenvalue weighted by Crippen LogP contribution is 2.26. The third-order valence-corrected chi connectivity index (χ3v) is 3.98. The van der Waals surface area contributed by atoms with Gasteiger partial charge in [-0.2, -0.15) is 0 Å². The summed E-state index contributed by atoms with van der Waals surface area (Å²) >= 11 is 1.56. The summed E-state index contributed by atoms with van der Waals surface area (Å²) < 4.78 is 0. The number of Topliss-reactive ketones (excluding diaryl/α,β-unsaturated/α-hetero) is 1. The lowest BCUT2D eigenvalue weighted by Crippen LogP contribution is -2.35. The van der Waals surface area contributed by atoms with Crippen molar-refractivity contribution in [1.82, 2.24) is 9.88 Å². The number of hydrogen-bond donors (Lipinski definition) is 0. The van der Waals surface area contributed by atoms with Gasteiger partial charge in [-0.1, -0.05) is 0 Å². The van der Waals surface area contributed by atoms with Crippen molar-refractivity contribution in [3.05, 3.63) is 15.6 Å². The maximum atomic E-state index is 11.2. The number of ketones is 1. The molecule has 1 aliphatic rings. The Labute approximate surface area is 94.1 Å². The summed E-state index contributed by atoms with van der Waals surface area (Å²) in [5.41, 5.74) is 1.14. The Kier molecular flexibility index (Phi) is 2.89. The molecule has 0 unspecified atom stereocenters. The Hall–Kier alpha value is -0.740. The fourth-order valence-corrected chi connectivity index (χ4v) is 2.84. The monoisotopic (exact) mass is 224 g/mol. The third-order valence-electron chi connectivity index (χ3n) is 2.79. The van der Waals surface area contributed by atoms with E-state index in [0.717, 1.165) is 25.2 Å². The van der Waals surface area contributed by atoms with Crippen LogP contribution in [0, 0.1) is 0 Å². The predicted molar refractivity (Wildman–Crippen MR) is 61.4 cm³/mol. The summed E-state index contributed by atoms with van der Waals surface area (Å²) in [5.74, 6) is 0.0884. The zero-order valence-electron chi connectivity index (χ0n) is 9.41. The molecular formula is C11H16N2OS. The van der Waals surface area contributed by atoms with Crippen LogP contribution in [0.2, 0.25) is 0 Å². The fraction of sp³-hybridized carbons (Fsp3) is 0.636. The number of carbonyl (C=O) groups excluding carboxylic acids is 1. The van der Waals surface area contributed by atoms with Crippen LogP contribution in [-0.4, -0.2) is 28.3 Å². The number of rotatable bonds is 2. The van der Waals surface area contributed by atoms with E-state index >= 15 is 0 Å². The molecule has 1 aromatic rings. The Morgan fingerprint density at radius 2 is 2.27 bits per heavy atom. The molecule has 0 radical (unpaired) electrons. The minimum absolute atomic E-state index is 0.0884. The van der Waals surface area contributed by atoms with Gasteiger partial charge < -0.3 is 0 Å². The van der Waals surface area contributed by atoms with Crippen LogP contribution in [-0.2, 0) is 13.0 Å². The van der Waals surface area contributed by atoms with Gasteiger partial charge in [0, 0.05) is 37.4 Å². The Bertz CT molecular complexity index is 384. The molecule has 0 fully saturated rings. The average molecular weight is 224 g/mol. The fourth-order valence-electron chi connectivity index (χ4n) is 1.81. The second kappa shape index (κ2) is 4.02. The van der Waals surface area contributed by atoms with Gasteiger partial charge in [0.05, 0.1) is 5.69 Å². The number of aromatic nitrogens is 1. The van der Waals surface area contributed by atoms with Crippen LogP contribution in [0.5, 0.6) is 0 Å². The van der Waals surface area contributed by atoms with Crippen molar-refractivity contribution in [2.45, 2.75) is 39.8 Å². The first-order valence-corrected chi connectivity index (χ1v) is 6.13. The summed E-state index contributed by atoms with van der Waals surface area (Å²) in [4.78, 5) is 19.3. The number of carbonyl (C=O) groups is 1. The second-order valence-electron chi connectivity index (χ2n) is 4.26. The lowest BCUT2D eigenvalue weighted by Gasteiger charge is -2.29. The van der Waals surface area contributed by atoms with E-state index in [2.05, 4.69) is 23.7 Å². The van der Waals surface area contributed by atoms with E-state index in [1.54, 1.807) is 18.3 Å². The number of hydrogen-bond acceptors (Lipinski definition) is 4. The lowest BCUT2D eigenvalue weighted by molar-refractivity contribution is 0.101. The van der Waals surface area contributed by atoms with Gasteiger partial charge >= 0.3 is 0 Å². The molecule has 0 spiro atoms. The largest absolute Gasteiger partial charge is 0.295 e. The molecule has 0 aliphatic carbocycles. The molecule has 15 heavy (non-hydrogen) atoms. The van der Waals surface area contributed by atoms with Crippen LogP contribution in [0.15, 0.2) is 0 Å². The first-order valence-electron chi connectivity index (χ1n) is 5.31. The zero-order chi connectivity index (χ0) is 11.0. The summed E-state index contributed by atoms with van der Waals surface area (Å²) in [5, 5.41) is 0.672. The first kappa shape index (κ1) is 10.8. The van der Waals surface area contributed by atoms with E-state index in [-0.39, 0.29) is 5.78 Å². The minimum Gasteiger partial charge on any atom is -0.295 e. The van der Waals surface area contributed by atoms with Crippen molar-refractivity contribution in [3.63, 3.8) is 0 Å². The van der Waals surface area contributed by atoms with Crippen molar-refractivity contribution in [3.8, 4) is 0 Å². The third kappa shape index (κ3) is 2.11. The van der Waals surface area contributed by atoms with Gasteiger partial charge in [-0.25, -0.2) is 4.98 Å². The van der Waals surface area contributed by atoms with Gasteiger partial charge in [0.25, 0.3) is 0 Å². The molecule has 1 aromatic heterocycles. The van der Waals surface area contributed by atoms with E-state index in [0.29, 0.717) is 11.0 Å². The average Bonchev–Trinajstić information content (AvgIpc) is 2.59. The second-order valence-corrected chi connectivity index (χ2v) is 5.34. The van der Waals surface area contributed by atoms with E-state index in [1.165, 1.54) is 4.88 Å². The van der Waals surface area contributed by atoms with E-state index in [9.17, 15) is 4.79 Å². The standard InChI is InChI=1S/C11H16N2OS/c1-7(2)13-5-4-9-10(6-13)15-11(12-9)8(3)14/h7H,4-6H2,1-3H3. The highest BCUT2D eigenvalue weighted by molar-refractivity contribution is 7.13. The minimum atomic E-state index is 0.0884. The van der Waals surface area contributed by atoms with Crippen molar-refractivity contribution in [1.29, 1.82) is 0 Å². The van der Waals surface area contributed by atoms with Crippen LogP contribution in [0.1, 0.15) is 41.1 Å². The van der Waals surface area contributed by atoms with Gasteiger partial charge in [0.15, 0.2) is 10.8 Å². The molecule has 0 aromatic carbocycles. The van der Waals surface area contributed by atoms with Crippen molar-refractivity contribution in [2.24, 2.45) is 0 Å². The van der Waals surface area contributed by atoms with Crippen LogP contribution < -0.4 is 0 Å². The molecule has 82 valence electrons. The molecule has 2 rings (SSSR count). The summed E-state index contributed by atoms with van der Waals surface area (Å²) in [6, 6.07) is 0.570. The number of thiazole rings is 1. The van der Waals surface area contributed by atoms with Gasteiger partial charge in [0.1, 0.15) is 0 Å². The molecule has 0 N–H and O–H groups in total. The smallest absolute Gasteiger partial charge is 0.188 e. The maximum absolute atomic E-state index is 11.2. The summed E-state index contributed by atoms with van der Waals surface area (Å²) in [6.07, 6.45) is 0.983. The van der Waals surface area contributed by atoms with E-state index in [4.69, 9.17) is 0 Å². The number of fused-ring (bicyclic) bond motifs is 1. The Morgan fingerprint density at radius 3 is 2.87 bits per heavy atom. The highest BCUT2D eigenvalue weighted by Gasteiger charge is 2.22. The Balaban J connectivity index is 2.23. The molecule has 0 bridgehead atoms. The molecule has 0 saturated heterocycles. The highest BCUT2D eigenvalue weighted by atomic mass is 32.1.